The van der Waals surface area contributed by atoms with Crippen molar-refractivity contribution in [1.82, 2.24) is 29.4 Å². The summed E-state index contributed by atoms with van der Waals surface area (Å²) in [5, 5.41) is 5.50. The summed E-state index contributed by atoms with van der Waals surface area (Å²) in [7, 11) is 2.07. The summed E-state index contributed by atoms with van der Waals surface area (Å²) in [6.07, 6.45) is 5.07. The normalized spacial score (nSPS) is 18.6. The van der Waals surface area contributed by atoms with E-state index in [9.17, 15) is 4.79 Å². The van der Waals surface area contributed by atoms with Crippen molar-refractivity contribution in [2.75, 3.05) is 33.2 Å². The minimum Gasteiger partial charge on any atom is -0.333 e. The topological polar surface area (TPSA) is 66.6 Å². The van der Waals surface area contributed by atoms with Crippen LogP contribution in [0.2, 0.25) is 0 Å². The van der Waals surface area contributed by atoms with E-state index >= 15 is 0 Å². The number of thiophene rings is 1. The summed E-state index contributed by atoms with van der Waals surface area (Å²) >= 11 is 1.75. The second-order valence-electron chi connectivity index (χ2n) is 6.58. The molecule has 0 spiro atoms. The molecule has 0 aromatic carbocycles. The Morgan fingerprint density at radius 2 is 2.04 bits per heavy atom. The van der Waals surface area contributed by atoms with Crippen molar-refractivity contribution in [3.05, 3.63) is 22.6 Å². The van der Waals surface area contributed by atoms with Crippen LogP contribution >= 0.6 is 11.3 Å². The fraction of sp³-hybridized carbons (Fsp3) is 0.500. The van der Waals surface area contributed by atoms with Crippen molar-refractivity contribution in [2.45, 2.75) is 19.3 Å². The number of aromatic nitrogens is 4. The van der Waals surface area contributed by atoms with Crippen LogP contribution in [0, 0.1) is 0 Å². The van der Waals surface area contributed by atoms with Gasteiger partial charge in [-0.15, -0.1) is 16.4 Å². The molecule has 1 fully saturated rings. The summed E-state index contributed by atoms with van der Waals surface area (Å²) < 4.78 is 1.66. The number of nitrogens with zero attached hydrogens (tertiary/aromatic N) is 6. The molecule has 5 rings (SSSR count). The van der Waals surface area contributed by atoms with E-state index < -0.39 is 0 Å². The van der Waals surface area contributed by atoms with Gasteiger partial charge in [0.15, 0.2) is 5.65 Å². The molecule has 1 amide bonds. The molecule has 7 nitrogen and oxygen atoms in total. The molecule has 4 heterocycles. The van der Waals surface area contributed by atoms with Crippen LogP contribution < -0.4 is 0 Å². The largest absolute Gasteiger partial charge is 0.333 e. The molecule has 0 N–H and O–H groups in total. The highest BCUT2D eigenvalue weighted by molar-refractivity contribution is 7.19. The molecule has 24 heavy (non-hydrogen) atoms. The molecule has 0 atom stereocenters. The lowest BCUT2D eigenvalue weighted by atomic mass is 10.2. The number of hydrogen-bond donors (Lipinski definition) is 0. The van der Waals surface area contributed by atoms with Gasteiger partial charge in [0.1, 0.15) is 11.2 Å². The Kier molecular flexibility index (Phi) is 3.11. The summed E-state index contributed by atoms with van der Waals surface area (Å²) in [5.74, 6) is 0.207. The van der Waals surface area contributed by atoms with Crippen LogP contribution in [-0.2, 0) is 12.8 Å². The van der Waals surface area contributed by atoms with E-state index in [2.05, 4.69) is 27.0 Å². The minimum atomic E-state index is -0.0770. The number of aryl methyl sites for hydroxylation is 2. The number of fused-ring (bicyclic) bond motifs is 5. The summed E-state index contributed by atoms with van der Waals surface area (Å²) in [6.45, 7) is 3.24. The molecular weight excluding hydrogens is 324 g/mol. The zero-order chi connectivity index (χ0) is 16.3. The number of carbonyl (C=O) groups excluding carboxylic acids is 1. The SMILES string of the molecule is CN1CCN(C(=O)c2nc3c4c5c(sc4ncn3n2)CCC5)CC1. The Balaban J connectivity index is 1.58. The molecule has 0 bridgehead atoms. The Bertz CT molecular complexity index is 952. The number of rotatable bonds is 1. The second kappa shape index (κ2) is 5.22. The Labute approximate surface area is 142 Å². The quantitative estimate of drug-likeness (QED) is 0.665. The van der Waals surface area contributed by atoms with Crippen LogP contribution in [0.4, 0.5) is 0 Å². The summed E-state index contributed by atoms with van der Waals surface area (Å²) in [4.78, 5) is 28.3. The van der Waals surface area contributed by atoms with Crippen LogP contribution in [0.5, 0.6) is 0 Å². The smallest absolute Gasteiger partial charge is 0.293 e. The highest BCUT2D eigenvalue weighted by Crippen LogP contribution is 2.37. The van der Waals surface area contributed by atoms with Gasteiger partial charge in [-0.3, -0.25) is 4.79 Å². The van der Waals surface area contributed by atoms with Gasteiger partial charge in [-0.1, -0.05) is 0 Å². The predicted molar refractivity (Wildman–Crippen MR) is 91.6 cm³/mol. The van der Waals surface area contributed by atoms with Crippen molar-refractivity contribution in [3.63, 3.8) is 0 Å². The first-order valence-corrected chi connectivity index (χ1v) is 9.16. The first-order valence-electron chi connectivity index (χ1n) is 8.34. The van der Waals surface area contributed by atoms with Crippen LogP contribution in [-0.4, -0.2) is 68.5 Å². The van der Waals surface area contributed by atoms with Crippen molar-refractivity contribution in [2.24, 2.45) is 0 Å². The van der Waals surface area contributed by atoms with Gasteiger partial charge >= 0.3 is 0 Å². The van der Waals surface area contributed by atoms with E-state index in [1.807, 2.05) is 4.90 Å². The van der Waals surface area contributed by atoms with E-state index in [0.717, 1.165) is 54.9 Å². The van der Waals surface area contributed by atoms with Crippen LogP contribution in [0.3, 0.4) is 0 Å². The third-order valence-corrected chi connectivity index (χ3v) is 6.22. The molecule has 1 aliphatic carbocycles. The lowest BCUT2D eigenvalue weighted by Crippen LogP contribution is -2.47. The van der Waals surface area contributed by atoms with Gasteiger partial charge in [-0.05, 0) is 31.9 Å². The first-order chi connectivity index (χ1) is 11.7. The van der Waals surface area contributed by atoms with E-state index in [4.69, 9.17) is 0 Å². The monoisotopic (exact) mass is 342 g/mol. The fourth-order valence-corrected chi connectivity index (χ4v) is 4.86. The van der Waals surface area contributed by atoms with Gasteiger partial charge in [0, 0.05) is 31.1 Å². The maximum Gasteiger partial charge on any atom is 0.293 e. The van der Waals surface area contributed by atoms with Crippen molar-refractivity contribution < 1.29 is 4.79 Å². The lowest BCUT2D eigenvalue weighted by molar-refractivity contribution is 0.0652. The molecule has 124 valence electrons. The van der Waals surface area contributed by atoms with Gasteiger partial charge in [-0.25, -0.2) is 14.5 Å². The average molecular weight is 342 g/mol. The first kappa shape index (κ1) is 14.3. The summed E-state index contributed by atoms with van der Waals surface area (Å²) in [5.41, 5.74) is 2.14. The third-order valence-electron chi connectivity index (χ3n) is 5.02. The maximum atomic E-state index is 12.7. The molecule has 1 aliphatic heterocycles. The molecule has 2 aliphatic rings. The standard InChI is InChI=1S/C16H18N6OS/c1-20-5-7-21(8-6-20)16(23)13-18-14-12-10-3-2-4-11(10)24-15(12)17-9-22(14)19-13/h9H,2-8H2,1H3. The van der Waals surface area contributed by atoms with E-state index in [1.165, 1.54) is 16.9 Å². The summed E-state index contributed by atoms with van der Waals surface area (Å²) in [6, 6.07) is 0. The molecule has 3 aromatic rings. The number of amides is 1. The fourth-order valence-electron chi connectivity index (χ4n) is 3.63. The highest BCUT2D eigenvalue weighted by atomic mass is 32.1. The zero-order valence-electron chi connectivity index (χ0n) is 13.5. The van der Waals surface area contributed by atoms with Gasteiger partial charge < -0.3 is 9.80 Å². The maximum absolute atomic E-state index is 12.7. The molecular formula is C16H18N6OS. The average Bonchev–Trinajstić information content (AvgIpc) is 3.27. The lowest BCUT2D eigenvalue weighted by Gasteiger charge is -2.31. The van der Waals surface area contributed by atoms with Gasteiger partial charge in [0.05, 0.1) is 5.39 Å². The molecule has 0 unspecified atom stereocenters. The molecule has 3 aromatic heterocycles. The van der Waals surface area contributed by atoms with Gasteiger partial charge in [0.2, 0.25) is 5.82 Å². The Morgan fingerprint density at radius 3 is 2.88 bits per heavy atom. The van der Waals surface area contributed by atoms with E-state index in [-0.39, 0.29) is 11.7 Å². The number of hydrogen-bond acceptors (Lipinski definition) is 6. The van der Waals surface area contributed by atoms with Crippen LogP contribution in [0.25, 0.3) is 15.9 Å². The number of piperazine rings is 1. The Morgan fingerprint density at radius 1 is 1.21 bits per heavy atom. The second-order valence-corrected chi connectivity index (χ2v) is 7.66. The van der Waals surface area contributed by atoms with Crippen LogP contribution in [0.15, 0.2) is 6.33 Å². The third kappa shape index (κ3) is 2.06. The van der Waals surface area contributed by atoms with Crippen molar-refractivity contribution in [3.8, 4) is 0 Å². The van der Waals surface area contributed by atoms with E-state index in [1.54, 1.807) is 22.2 Å². The van der Waals surface area contributed by atoms with Crippen molar-refractivity contribution in [1.29, 1.82) is 0 Å². The van der Waals surface area contributed by atoms with Gasteiger partial charge in [0.25, 0.3) is 5.91 Å². The predicted octanol–water partition coefficient (Wildman–Crippen LogP) is 1.22. The van der Waals surface area contributed by atoms with E-state index in [0.29, 0.717) is 0 Å². The molecule has 8 heteroatoms. The minimum absolute atomic E-state index is 0.0770. The number of likely N-dealkylation sites (N-methyl/N-ethyl adjacent to an activating group) is 1. The number of carbonyl (C=O) groups is 1. The van der Waals surface area contributed by atoms with Crippen LogP contribution in [0.1, 0.15) is 27.5 Å². The molecule has 1 saturated heterocycles. The highest BCUT2D eigenvalue weighted by Gasteiger charge is 2.26. The molecule has 0 saturated carbocycles. The Hall–Kier alpha value is -2.06. The van der Waals surface area contributed by atoms with Crippen molar-refractivity contribution >= 4 is 33.1 Å². The zero-order valence-corrected chi connectivity index (χ0v) is 14.3. The van der Waals surface area contributed by atoms with Gasteiger partial charge in [-0.2, -0.15) is 0 Å². The molecule has 0 radical (unpaired) electrons.